The van der Waals surface area contributed by atoms with Gasteiger partial charge in [-0.15, -0.1) is 0 Å². The fraction of sp³-hybridized carbons (Fsp3) is 0.125. The molecule has 0 radical (unpaired) electrons. The number of hydrogen-bond donors (Lipinski definition) is 3. The molecule has 6 rings (SSSR count). The van der Waals surface area contributed by atoms with Crippen molar-refractivity contribution in [1.29, 1.82) is 0 Å². The lowest BCUT2D eigenvalue weighted by Gasteiger charge is -2.10. The zero-order chi connectivity index (χ0) is 22.4. The molecule has 6 aromatic heterocycles. The maximum absolute atomic E-state index is 5.25. The van der Waals surface area contributed by atoms with Gasteiger partial charge in [0.2, 0.25) is 0 Å². The Morgan fingerprint density at radius 2 is 1.97 bits per heavy atom. The third-order valence-electron chi connectivity index (χ3n) is 5.39. The molecule has 0 saturated carbocycles. The third-order valence-corrected chi connectivity index (χ3v) is 5.39. The van der Waals surface area contributed by atoms with Crippen LogP contribution in [0.1, 0.15) is 13.8 Å². The zero-order valence-corrected chi connectivity index (χ0v) is 18.0. The van der Waals surface area contributed by atoms with Gasteiger partial charge in [-0.05, 0) is 38.1 Å². The Balaban J connectivity index is 1.45. The van der Waals surface area contributed by atoms with Crippen LogP contribution < -0.4 is 5.32 Å². The summed E-state index contributed by atoms with van der Waals surface area (Å²) in [5.41, 5.74) is 7.57. The van der Waals surface area contributed by atoms with E-state index in [1.54, 1.807) is 24.9 Å². The highest BCUT2D eigenvalue weighted by Gasteiger charge is 2.17. The molecule has 0 bridgehead atoms. The van der Waals surface area contributed by atoms with E-state index in [1.807, 2.05) is 36.7 Å². The van der Waals surface area contributed by atoms with Crippen molar-refractivity contribution in [2.75, 3.05) is 5.32 Å². The summed E-state index contributed by atoms with van der Waals surface area (Å²) in [5.74, 6) is 0.630. The highest BCUT2D eigenvalue weighted by molar-refractivity contribution is 5.96. The van der Waals surface area contributed by atoms with E-state index in [2.05, 4.69) is 49.3 Å². The first-order valence-electron chi connectivity index (χ1n) is 10.6. The number of H-pyrrole nitrogens is 2. The largest absolute Gasteiger partial charge is 0.472 e. The van der Waals surface area contributed by atoms with Crippen LogP contribution in [0.3, 0.4) is 0 Å². The van der Waals surface area contributed by atoms with E-state index in [1.165, 1.54) is 0 Å². The summed E-state index contributed by atoms with van der Waals surface area (Å²) in [5, 5.41) is 11.9. The number of anilines is 1. The molecule has 0 aliphatic rings. The fourth-order valence-corrected chi connectivity index (χ4v) is 3.93. The van der Waals surface area contributed by atoms with Crippen molar-refractivity contribution in [2.24, 2.45) is 0 Å². The lowest BCUT2D eigenvalue weighted by Crippen LogP contribution is -2.09. The van der Waals surface area contributed by atoms with Gasteiger partial charge in [0.05, 0.1) is 41.1 Å². The predicted octanol–water partition coefficient (Wildman–Crippen LogP) is 5.04. The van der Waals surface area contributed by atoms with Crippen LogP contribution in [0.2, 0.25) is 0 Å². The van der Waals surface area contributed by atoms with E-state index in [-0.39, 0.29) is 0 Å². The van der Waals surface area contributed by atoms with Crippen LogP contribution in [0.25, 0.3) is 56.0 Å². The summed E-state index contributed by atoms with van der Waals surface area (Å²) >= 11 is 0. The van der Waals surface area contributed by atoms with Crippen LogP contribution in [-0.4, -0.2) is 41.2 Å². The van der Waals surface area contributed by atoms with E-state index in [0.717, 1.165) is 44.5 Å². The molecule has 0 atom stereocenters. The number of furan rings is 1. The average Bonchev–Trinajstić information content (AvgIpc) is 3.57. The molecular formula is C24H20N8O. The van der Waals surface area contributed by atoms with E-state index in [4.69, 9.17) is 9.40 Å². The first-order valence-corrected chi connectivity index (χ1v) is 10.6. The average molecular weight is 436 g/mol. The van der Waals surface area contributed by atoms with Crippen LogP contribution >= 0.6 is 0 Å². The minimum Gasteiger partial charge on any atom is -0.472 e. The van der Waals surface area contributed by atoms with Crippen molar-refractivity contribution < 1.29 is 4.42 Å². The first kappa shape index (κ1) is 19.2. The molecule has 9 heteroatoms. The second kappa shape index (κ2) is 7.56. The second-order valence-electron chi connectivity index (χ2n) is 8.10. The summed E-state index contributed by atoms with van der Waals surface area (Å²) in [6, 6.07) is 8.20. The molecule has 6 heterocycles. The molecule has 0 fully saturated rings. The van der Waals surface area contributed by atoms with Gasteiger partial charge in [0.25, 0.3) is 0 Å². The van der Waals surface area contributed by atoms with Gasteiger partial charge in [0.15, 0.2) is 11.5 Å². The van der Waals surface area contributed by atoms with Crippen LogP contribution in [-0.2, 0) is 0 Å². The third kappa shape index (κ3) is 3.39. The minimum atomic E-state index is 0.312. The van der Waals surface area contributed by atoms with Crippen molar-refractivity contribution in [3.8, 4) is 33.9 Å². The monoisotopic (exact) mass is 436 g/mol. The number of pyridine rings is 3. The maximum Gasteiger partial charge on any atom is 0.178 e. The van der Waals surface area contributed by atoms with Crippen molar-refractivity contribution in [1.82, 2.24) is 35.1 Å². The lowest BCUT2D eigenvalue weighted by atomic mass is 10.1. The molecule has 162 valence electrons. The Kier molecular flexibility index (Phi) is 4.39. The molecule has 0 unspecified atom stereocenters. The highest BCUT2D eigenvalue weighted by atomic mass is 16.3. The Labute approximate surface area is 188 Å². The SMILES string of the molecule is CC(C)Nc1cncc(-c2cc3c(-c4nc5nccc(-c6ccoc6)c5[nH]4)n[nH]c3cn2)c1. The topological polar surface area (TPSA) is 121 Å². The Morgan fingerprint density at radius 3 is 2.82 bits per heavy atom. The van der Waals surface area contributed by atoms with Gasteiger partial charge in [-0.25, -0.2) is 9.97 Å². The number of aromatic nitrogens is 7. The zero-order valence-electron chi connectivity index (χ0n) is 18.0. The standard InChI is InChI=1S/C24H20N8O/c1-13(2)28-16-7-15(9-25-10-16)19-8-18-20(11-27-19)31-32-22(18)24-29-21-17(14-4-6-33-12-14)3-5-26-23(21)30-24/h3-13,28H,1-2H3,(H,31,32)(H,26,29,30). The predicted molar refractivity (Wildman–Crippen MR) is 126 cm³/mol. The van der Waals surface area contributed by atoms with Gasteiger partial charge in [0.1, 0.15) is 5.69 Å². The lowest BCUT2D eigenvalue weighted by molar-refractivity contribution is 0.568. The van der Waals surface area contributed by atoms with E-state index < -0.39 is 0 Å². The summed E-state index contributed by atoms with van der Waals surface area (Å²) < 4.78 is 5.25. The molecule has 33 heavy (non-hydrogen) atoms. The second-order valence-corrected chi connectivity index (χ2v) is 8.10. The molecule has 0 aromatic carbocycles. The van der Waals surface area contributed by atoms with Gasteiger partial charge in [-0.2, -0.15) is 5.10 Å². The van der Waals surface area contributed by atoms with Crippen molar-refractivity contribution in [3.05, 3.63) is 61.6 Å². The number of nitrogens with zero attached hydrogens (tertiary/aromatic N) is 5. The Bertz CT molecular complexity index is 1580. The smallest absolute Gasteiger partial charge is 0.178 e. The quantitative estimate of drug-likeness (QED) is 0.346. The van der Waals surface area contributed by atoms with Crippen LogP contribution in [0.4, 0.5) is 5.69 Å². The Morgan fingerprint density at radius 1 is 1.03 bits per heavy atom. The van der Waals surface area contributed by atoms with E-state index >= 15 is 0 Å². The van der Waals surface area contributed by atoms with Crippen molar-refractivity contribution in [2.45, 2.75) is 19.9 Å². The van der Waals surface area contributed by atoms with Crippen LogP contribution in [0, 0.1) is 0 Å². The number of hydrogen-bond acceptors (Lipinski definition) is 7. The fourth-order valence-electron chi connectivity index (χ4n) is 3.93. The summed E-state index contributed by atoms with van der Waals surface area (Å²) in [4.78, 5) is 21.5. The summed E-state index contributed by atoms with van der Waals surface area (Å²) in [6.07, 6.45) is 10.5. The van der Waals surface area contributed by atoms with Crippen LogP contribution in [0.5, 0.6) is 0 Å². The number of nitrogens with one attached hydrogen (secondary N) is 3. The van der Waals surface area contributed by atoms with E-state index in [9.17, 15) is 0 Å². The maximum atomic E-state index is 5.25. The number of fused-ring (bicyclic) bond motifs is 2. The minimum absolute atomic E-state index is 0.312. The molecule has 9 nitrogen and oxygen atoms in total. The highest BCUT2D eigenvalue weighted by Crippen LogP contribution is 2.32. The molecule has 0 saturated heterocycles. The molecule has 0 amide bonds. The van der Waals surface area contributed by atoms with Crippen molar-refractivity contribution >= 4 is 27.8 Å². The normalized spacial score (nSPS) is 11.6. The molecular weight excluding hydrogens is 416 g/mol. The molecule has 0 aliphatic heterocycles. The van der Waals surface area contributed by atoms with Gasteiger partial charge in [-0.1, -0.05) is 0 Å². The van der Waals surface area contributed by atoms with Crippen molar-refractivity contribution in [3.63, 3.8) is 0 Å². The Hall–Kier alpha value is -4.53. The number of aromatic amines is 2. The van der Waals surface area contributed by atoms with Crippen LogP contribution in [0.15, 0.2) is 66.0 Å². The molecule has 6 aromatic rings. The van der Waals surface area contributed by atoms with Gasteiger partial charge >= 0.3 is 0 Å². The molecule has 3 N–H and O–H groups in total. The van der Waals surface area contributed by atoms with Gasteiger partial charge in [0, 0.05) is 46.7 Å². The van der Waals surface area contributed by atoms with Gasteiger partial charge < -0.3 is 14.7 Å². The number of rotatable bonds is 5. The summed E-state index contributed by atoms with van der Waals surface area (Å²) in [7, 11) is 0. The molecule has 0 spiro atoms. The molecule has 0 aliphatic carbocycles. The number of imidazole rings is 1. The summed E-state index contributed by atoms with van der Waals surface area (Å²) in [6.45, 7) is 4.18. The first-order chi connectivity index (χ1) is 16.2. The van der Waals surface area contributed by atoms with E-state index in [0.29, 0.717) is 23.2 Å². The van der Waals surface area contributed by atoms with Gasteiger partial charge in [-0.3, -0.25) is 15.1 Å².